The maximum atomic E-state index is 11.1. The zero-order valence-electron chi connectivity index (χ0n) is 11.6. The Morgan fingerprint density at radius 2 is 2.06 bits per heavy atom. The van der Waals surface area contributed by atoms with Gasteiger partial charge >= 0.3 is 5.97 Å². The summed E-state index contributed by atoms with van der Waals surface area (Å²) in [6.45, 7) is 11.8. The zero-order chi connectivity index (χ0) is 13.3. The molecule has 0 saturated heterocycles. The van der Waals surface area contributed by atoms with Crippen molar-refractivity contribution in [2.75, 3.05) is 0 Å². The molecule has 0 aromatic heterocycles. The Morgan fingerprint density at radius 1 is 1.41 bits per heavy atom. The molecule has 0 saturated carbocycles. The van der Waals surface area contributed by atoms with Crippen LogP contribution in [0.2, 0.25) is 6.04 Å². The van der Waals surface area contributed by atoms with Crippen molar-refractivity contribution >= 4 is 15.7 Å². The summed E-state index contributed by atoms with van der Waals surface area (Å²) in [6, 6.07) is 1.19. The van der Waals surface area contributed by atoms with Crippen LogP contribution in [0.15, 0.2) is 12.7 Å². The molecule has 2 unspecified atom stereocenters. The van der Waals surface area contributed by atoms with Gasteiger partial charge in [0.05, 0.1) is 6.10 Å². The van der Waals surface area contributed by atoms with Crippen LogP contribution >= 0.6 is 0 Å². The molecule has 0 rings (SSSR count). The van der Waals surface area contributed by atoms with Crippen LogP contribution in [0.3, 0.4) is 0 Å². The van der Waals surface area contributed by atoms with Crippen LogP contribution < -0.4 is 0 Å². The molecule has 0 spiro atoms. The largest absolute Gasteiger partial charge is 0.457 e. The smallest absolute Gasteiger partial charge is 0.330 e. The molecule has 0 heterocycles. The summed E-state index contributed by atoms with van der Waals surface area (Å²) in [6.07, 6.45) is 3.06. The molecule has 4 heteroatoms. The van der Waals surface area contributed by atoms with Crippen molar-refractivity contribution in [1.29, 1.82) is 0 Å². The van der Waals surface area contributed by atoms with Gasteiger partial charge in [-0.25, -0.2) is 4.79 Å². The minimum atomic E-state index is -0.488. The lowest BCUT2D eigenvalue weighted by Crippen LogP contribution is -2.31. The van der Waals surface area contributed by atoms with Crippen molar-refractivity contribution in [3.63, 3.8) is 0 Å². The van der Waals surface area contributed by atoms with Crippen LogP contribution in [0.4, 0.5) is 0 Å². The van der Waals surface area contributed by atoms with E-state index in [9.17, 15) is 4.79 Å². The highest BCUT2D eigenvalue weighted by atomic mass is 28.2. The molecule has 0 aliphatic carbocycles. The maximum absolute atomic E-state index is 11.1. The number of esters is 1. The van der Waals surface area contributed by atoms with Crippen molar-refractivity contribution in [3.8, 4) is 0 Å². The van der Waals surface area contributed by atoms with Crippen LogP contribution in [0.25, 0.3) is 0 Å². The molecule has 0 aliphatic heterocycles. The molecule has 0 aromatic carbocycles. The van der Waals surface area contributed by atoms with Gasteiger partial charge in [0.25, 0.3) is 0 Å². The van der Waals surface area contributed by atoms with Gasteiger partial charge in [0.15, 0.2) is 9.76 Å². The van der Waals surface area contributed by atoms with Gasteiger partial charge < -0.3 is 9.16 Å². The fraction of sp³-hybridized carbons (Fsp3) is 0.769. The maximum Gasteiger partial charge on any atom is 0.330 e. The molecule has 0 radical (unpaired) electrons. The minimum Gasteiger partial charge on any atom is -0.457 e. The zero-order valence-corrected chi connectivity index (χ0v) is 13.0. The molecule has 2 atom stereocenters. The SMILES string of the molecule is C=CC(=O)OC(CC)C(C)O[SiH2]CCC(C)C. The molecule has 0 bridgehead atoms. The van der Waals surface area contributed by atoms with E-state index >= 15 is 0 Å². The number of ether oxygens (including phenoxy) is 1. The van der Waals surface area contributed by atoms with E-state index in [1.54, 1.807) is 0 Å². The second-order valence-corrected chi connectivity index (χ2v) is 6.15. The Morgan fingerprint density at radius 3 is 2.53 bits per heavy atom. The van der Waals surface area contributed by atoms with Gasteiger partial charge in [0.1, 0.15) is 6.10 Å². The lowest BCUT2D eigenvalue weighted by molar-refractivity contribution is -0.147. The summed E-state index contributed by atoms with van der Waals surface area (Å²) in [4.78, 5) is 11.1. The number of carbonyl (C=O) groups excluding carboxylic acids is 1. The van der Waals surface area contributed by atoms with Crippen molar-refractivity contribution < 1.29 is 14.0 Å². The quantitative estimate of drug-likeness (QED) is 0.276. The molecule has 0 fully saturated rings. The van der Waals surface area contributed by atoms with Crippen LogP contribution in [-0.4, -0.2) is 27.9 Å². The lowest BCUT2D eigenvalue weighted by Gasteiger charge is -2.23. The molecule has 0 N–H and O–H groups in total. The molecule has 3 nitrogen and oxygen atoms in total. The van der Waals surface area contributed by atoms with E-state index < -0.39 is 9.76 Å². The van der Waals surface area contributed by atoms with E-state index in [1.165, 1.54) is 18.5 Å². The second-order valence-electron chi connectivity index (χ2n) is 4.70. The summed E-state index contributed by atoms with van der Waals surface area (Å²) < 4.78 is 11.0. The van der Waals surface area contributed by atoms with E-state index in [0.717, 1.165) is 12.3 Å². The highest BCUT2D eigenvalue weighted by Gasteiger charge is 2.18. The Labute approximate surface area is 108 Å². The van der Waals surface area contributed by atoms with Crippen molar-refractivity contribution in [1.82, 2.24) is 0 Å². The average Bonchev–Trinajstić information content (AvgIpc) is 2.30. The van der Waals surface area contributed by atoms with Crippen molar-refractivity contribution in [2.24, 2.45) is 5.92 Å². The first-order valence-electron chi connectivity index (χ1n) is 6.45. The molecule has 0 amide bonds. The Hall–Kier alpha value is -0.613. The van der Waals surface area contributed by atoms with Gasteiger partial charge in [0.2, 0.25) is 0 Å². The van der Waals surface area contributed by atoms with E-state index in [0.29, 0.717) is 0 Å². The predicted molar refractivity (Wildman–Crippen MR) is 73.7 cm³/mol. The normalized spacial score (nSPS) is 15.1. The third-order valence-electron chi connectivity index (χ3n) is 2.67. The van der Waals surface area contributed by atoms with Crippen molar-refractivity contribution in [2.45, 2.75) is 58.8 Å². The number of hydrogen-bond donors (Lipinski definition) is 0. The van der Waals surface area contributed by atoms with E-state index in [2.05, 4.69) is 20.4 Å². The third kappa shape index (κ3) is 8.16. The third-order valence-corrected chi connectivity index (χ3v) is 4.13. The second kappa shape index (κ2) is 9.42. The molecular formula is C13H26O3Si. The fourth-order valence-corrected chi connectivity index (χ4v) is 3.31. The Bertz CT molecular complexity index is 229. The Balaban J connectivity index is 3.87. The summed E-state index contributed by atoms with van der Waals surface area (Å²) >= 11 is 0. The van der Waals surface area contributed by atoms with Crippen LogP contribution in [0.5, 0.6) is 0 Å². The highest BCUT2D eigenvalue weighted by molar-refractivity contribution is 6.27. The van der Waals surface area contributed by atoms with Crippen LogP contribution in [-0.2, 0) is 14.0 Å². The summed E-state index contributed by atoms with van der Waals surface area (Å²) in [5.41, 5.74) is 0. The molecule has 17 heavy (non-hydrogen) atoms. The first-order valence-corrected chi connectivity index (χ1v) is 8.03. The Kier molecular flexibility index (Phi) is 9.08. The standard InChI is InChI=1S/C13H26O3Si/c1-6-12(15-13(14)7-2)11(5)16-17-9-8-10(3)4/h7,10-12H,2,6,8-9,17H2,1,3-5H3. The number of carbonyl (C=O) groups is 1. The average molecular weight is 258 g/mol. The van der Waals surface area contributed by atoms with Gasteiger partial charge in [-0.15, -0.1) is 0 Å². The van der Waals surface area contributed by atoms with Crippen LogP contribution in [0.1, 0.15) is 40.5 Å². The van der Waals surface area contributed by atoms with Gasteiger partial charge in [0, 0.05) is 6.08 Å². The van der Waals surface area contributed by atoms with E-state index in [4.69, 9.17) is 9.16 Å². The van der Waals surface area contributed by atoms with Gasteiger partial charge in [-0.2, -0.15) is 0 Å². The summed E-state index contributed by atoms with van der Waals surface area (Å²) in [7, 11) is -0.488. The number of hydrogen-bond acceptors (Lipinski definition) is 3. The topological polar surface area (TPSA) is 35.5 Å². The number of rotatable bonds is 9. The predicted octanol–water partition coefficient (Wildman–Crippen LogP) is 2.45. The van der Waals surface area contributed by atoms with Crippen molar-refractivity contribution in [3.05, 3.63) is 12.7 Å². The molecule has 0 aliphatic rings. The first kappa shape index (κ1) is 16.4. The van der Waals surface area contributed by atoms with E-state index in [-0.39, 0.29) is 18.2 Å². The van der Waals surface area contributed by atoms with E-state index in [1.807, 2.05) is 13.8 Å². The first-order chi connectivity index (χ1) is 8.01. The van der Waals surface area contributed by atoms with Crippen LogP contribution in [0, 0.1) is 5.92 Å². The highest BCUT2D eigenvalue weighted by Crippen LogP contribution is 2.10. The van der Waals surface area contributed by atoms with Gasteiger partial charge in [-0.1, -0.05) is 33.8 Å². The molecule has 0 aromatic rings. The minimum absolute atomic E-state index is 0.00253. The summed E-state index contributed by atoms with van der Waals surface area (Å²) in [5.74, 6) is 0.373. The fourth-order valence-electron chi connectivity index (χ4n) is 1.58. The lowest BCUT2D eigenvalue weighted by atomic mass is 10.2. The molecular weight excluding hydrogens is 232 g/mol. The van der Waals surface area contributed by atoms with Gasteiger partial charge in [-0.05, 0) is 25.3 Å². The summed E-state index contributed by atoms with van der Waals surface area (Å²) in [5, 5.41) is 0. The van der Waals surface area contributed by atoms with Gasteiger partial charge in [-0.3, -0.25) is 0 Å². The molecule has 100 valence electrons. The monoisotopic (exact) mass is 258 g/mol.